The molecule has 0 saturated carbocycles. The van der Waals surface area contributed by atoms with Crippen molar-refractivity contribution in [2.45, 2.75) is 12.2 Å². The van der Waals surface area contributed by atoms with E-state index in [2.05, 4.69) is 0 Å². The minimum absolute atomic E-state index is 0. The first-order valence-corrected chi connectivity index (χ1v) is 4.36. The Morgan fingerprint density at radius 3 is 2.20 bits per heavy atom. The second-order valence-electron chi connectivity index (χ2n) is 2.66. The highest BCUT2D eigenvalue weighted by molar-refractivity contribution is 6.42. The summed E-state index contributed by atoms with van der Waals surface area (Å²) in [6.45, 7) is 0. The van der Waals surface area contributed by atoms with E-state index < -0.39 is 12.2 Å². The fraction of sp³-hybridized carbons (Fsp3) is 0.250. The van der Waals surface area contributed by atoms with Crippen LogP contribution in [0, 0.1) is 0 Å². The topological polar surface area (TPSA) is 26.0 Å². The predicted molar refractivity (Wildman–Crippen MR) is 56.7 cm³/mol. The lowest BCUT2D eigenvalue weighted by Crippen LogP contribution is -2.28. The molecule has 0 aliphatic heterocycles. The number of hydrogen-bond acceptors (Lipinski definition) is 1. The smallest absolute Gasteiger partial charge is 0.316 e. The number of halogens is 6. The minimum Gasteiger partial charge on any atom is -0.316 e. The summed E-state index contributed by atoms with van der Waals surface area (Å²) in [6.07, 6.45) is -4.52. The van der Waals surface area contributed by atoms with Crippen molar-refractivity contribution < 1.29 is 13.2 Å². The van der Waals surface area contributed by atoms with Gasteiger partial charge in [-0.15, -0.1) is 12.4 Å². The first kappa shape index (κ1) is 14.8. The molecule has 1 aromatic carbocycles. The number of hydrogen-bond donors (Lipinski definition) is 1. The molecule has 0 spiro atoms. The number of rotatable bonds is 1. The first-order valence-electron chi connectivity index (χ1n) is 3.60. The lowest BCUT2D eigenvalue weighted by molar-refractivity contribution is -0.149. The van der Waals surface area contributed by atoms with Crippen LogP contribution in [0.5, 0.6) is 0 Å². The molecule has 0 saturated heterocycles. The van der Waals surface area contributed by atoms with E-state index in [0.29, 0.717) is 0 Å². The predicted octanol–water partition coefficient (Wildman–Crippen LogP) is 3.98. The van der Waals surface area contributed by atoms with Crippen LogP contribution >= 0.6 is 35.6 Å². The van der Waals surface area contributed by atoms with E-state index in [4.69, 9.17) is 28.9 Å². The van der Waals surface area contributed by atoms with E-state index in [1.54, 1.807) is 0 Å². The standard InChI is InChI=1S/C8H6Cl2F3N.ClH/c9-5-3-1-2-4(6(5)10)7(14)8(11,12)13;/h1-3,7H,14H2;1H. The van der Waals surface area contributed by atoms with Gasteiger partial charge in [-0.1, -0.05) is 35.3 Å². The van der Waals surface area contributed by atoms with Crippen LogP contribution in [0.25, 0.3) is 0 Å². The summed E-state index contributed by atoms with van der Waals surface area (Å²) in [6, 6.07) is 1.87. The van der Waals surface area contributed by atoms with Gasteiger partial charge in [-0.25, -0.2) is 0 Å². The normalized spacial score (nSPS) is 13.2. The molecule has 1 nitrogen and oxygen atoms in total. The van der Waals surface area contributed by atoms with Gasteiger partial charge in [0.15, 0.2) is 0 Å². The Labute approximate surface area is 101 Å². The van der Waals surface area contributed by atoms with E-state index in [1.165, 1.54) is 18.2 Å². The average molecular weight is 281 g/mol. The molecular formula is C8H7Cl3F3N. The summed E-state index contributed by atoms with van der Waals surface area (Å²) in [5.74, 6) is 0. The Morgan fingerprint density at radius 1 is 1.20 bits per heavy atom. The van der Waals surface area contributed by atoms with Crippen LogP contribution in [0.15, 0.2) is 18.2 Å². The lowest BCUT2D eigenvalue weighted by Gasteiger charge is -2.17. The Bertz CT molecular complexity index is 340. The van der Waals surface area contributed by atoms with Gasteiger partial charge in [-0.3, -0.25) is 0 Å². The zero-order valence-corrected chi connectivity index (χ0v) is 9.51. The highest BCUT2D eigenvalue weighted by Gasteiger charge is 2.39. The van der Waals surface area contributed by atoms with Gasteiger partial charge in [0.1, 0.15) is 6.04 Å². The van der Waals surface area contributed by atoms with Crippen molar-refractivity contribution in [2.24, 2.45) is 5.73 Å². The van der Waals surface area contributed by atoms with Crippen molar-refractivity contribution in [3.05, 3.63) is 33.8 Å². The van der Waals surface area contributed by atoms with Gasteiger partial charge in [0.05, 0.1) is 10.0 Å². The summed E-state index contributed by atoms with van der Waals surface area (Å²) in [5.41, 5.74) is 4.76. The van der Waals surface area contributed by atoms with Gasteiger partial charge in [0.2, 0.25) is 0 Å². The Hall–Kier alpha value is -0.160. The number of benzene rings is 1. The molecule has 7 heteroatoms. The molecule has 0 aromatic heterocycles. The molecule has 1 atom stereocenters. The maximum atomic E-state index is 12.2. The van der Waals surface area contributed by atoms with E-state index in [1.807, 2.05) is 0 Å². The Morgan fingerprint density at radius 2 is 1.73 bits per heavy atom. The fourth-order valence-corrected chi connectivity index (χ4v) is 1.36. The van der Waals surface area contributed by atoms with Gasteiger partial charge in [-0.05, 0) is 11.6 Å². The molecule has 1 rings (SSSR count). The largest absolute Gasteiger partial charge is 0.407 e. The zero-order valence-electron chi connectivity index (χ0n) is 7.18. The van der Waals surface area contributed by atoms with Crippen LogP contribution in [0.3, 0.4) is 0 Å². The van der Waals surface area contributed by atoms with Crippen molar-refractivity contribution >= 4 is 35.6 Å². The minimum atomic E-state index is -4.52. The van der Waals surface area contributed by atoms with Crippen LogP contribution in [0.1, 0.15) is 11.6 Å². The molecule has 0 amide bonds. The second-order valence-corrected chi connectivity index (χ2v) is 3.45. The van der Waals surface area contributed by atoms with Crippen LogP contribution in [0.4, 0.5) is 13.2 Å². The number of alkyl halides is 3. The second kappa shape index (κ2) is 5.25. The molecular weight excluding hydrogens is 273 g/mol. The van der Waals surface area contributed by atoms with Gasteiger partial charge >= 0.3 is 6.18 Å². The molecule has 15 heavy (non-hydrogen) atoms. The molecule has 86 valence electrons. The van der Waals surface area contributed by atoms with Crippen LogP contribution < -0.4 is 5.73 Å². The molecule has 1 aromatic rings. The van der Waals surface area contributed by atoms with Crippen molar-refractivity contribution in [1.29, 1.82) is 0 Å². The Kier molecular flexibility index (Phi) is 5.20. The Balaban J connectivity index is 0.00000196. The molecule has 0 aliphatic rings. The molecule has 0 fully saturated rings. The van der Waals surface area contributed by atoms with Crippen molar-refractivity contribution in [3.63, 3.8) is 0 Å². The van der Waals surface area contributed by atoms with Crippen LogP contribution in [0.2, 0.25) is 10.0 Å². The molecule has 0 bridgehead atoms. The van der Waals surface area contributed by atoms with E-state index >= 15 is 0 Å². The van der Waals surface area contributed by atoms with E-state index in [0.717, 1.165) is 0 Å². The van der Waals surface area contributed by atoms with Crippen molar-refractivity contribution in [2.75, 3.05) is 0 Å². The van der Waals surface area contributed by atoms with Crippen molar-refractivity contribution in [1.82, 2.24) is 0 Å². The average Bonchev–Trinajstić information content (AvgIpc) is 2.07. The molecule has 0 aliphatic carbocycles. The number of nitrogens with two attached hydrogens (primary N) is 1. The van der Waals surface area contributed by atoms with Crippen LogP contribution in [-0.4, -0.2) is 6.18 Å². The summed E-state index contributed by atoms with van der Waals surface area (Å²) < 4.78 is 36.7. The molecule has 0 heterocycles. The monoisotopic (exact) mass is 279 g/mol. The maximum absolute atomic E-state index is 12.2. The van der Waals surface area contributed by atoms with Crippen LogP contribution in [-0.2, 0) is 0 Å². The highest BCUT2D eigenvalue weighted by Crippen LogP contribution is 2.36. The summed E-state index contributed by atoms with van der Waals surface area (Å²) >= 11 is 11.1. The summed E-state index contributed by atoms with van der Waals surface area (Å²) in [5, 5.41) is -0.0946. The van der Waals surface area contributed by atoms with Crippen molar-refractivity contribution in [3.8, 4) is 0 Å². The maximum Gasteiger partial charge on any atom is 0.407 e. The highest BCUT2D eigenvalue weighted by atomic mass is 35.5. The molecule has 2 N–H and O–H groups in total. The van der Waals surface area contributed by atoms with Gasteiger partial charge in [-0.2, -0.15) is 13.2 Å². The zero-order chi connectivity index (χ0) is 10.9. The third-order valence-corrected chi connectivity index (χ3v) is 2.50. The summed E-state index contributed by atoms with van der Waals surface area (Å²) in [7, 11) is 0. The SMILES string of the molecule is Cl.NC(c1cccc(Cl)c1Cl)C(F)(F)F. The summed E-state index contributed by atoms with van der Waals surface area (Å²) in [4.78, 5) is 0. The quantitative estimate of drug-likeness (QED) is 0.827. The third-order valence-electron chi connectivity index (χ3n) is 1.67. The third kappa shape index (κ3) is 3.41. The molecule has 0 radical (unpaired) electrons. The lowest BCUT2D eigenvalue weighted by atomic mass is 10.1. The van der Waals surface area contributed by atoms with Gasteiger partial charge < -0.3 is 5.73 Å². The molecule has 1 unspecified atom stereocenters. The van der Waals surface area contributed by atoms with E-state index in [-0.39, 0.29) is 28.0 Å². The fourth-order valence-electron chi connectivity index (χ4n) is 0.937. The van der Waals surface area contributed by atoms with E-state index in [9.17, 15) is 13.2 Å². The first-order chi connectivity index (χ1) is 6.34. The van der Waals surface area contributed by atoms with Gasteiger partial charge in [0.25, 0.3) is 0 Å². The van der Waals surface area contributed by atoms with Gasteiger partial charge in [0, 0.05) is 0 Å².